The molecule has 3 N–H and O–H groups in total. The Hall–Kier alpha value is -3.22. The van der Waals surface area contributed by atoms with E-state index in [4.69, 9.17) is 9.47 Å². The van der Waals surface area contributed by atoms with E-state index >= 15 is 0 Å². The van der Waals surface area contributed by atoms with Gasteiger partial charge < -0.3 is 20.1 Å². The molecule has 2 rings (SSSR count). The molecule has 0 radical (unpaired) electrons. The summed E-state index contributed by atoms with van der Waals surface area (Å²) in [6.07, 6.45) is -0.526. The molecule has 3 amide bonds. The lowest BCUT2D eigenvalue weighted by atomic mass is 10.2. The summed E-state index contributed by atoms with van der Waals surface area (Å²) in [7, 11) is 0. The Morgan fingerprint density at radius 2 is 1.71 bits per heavy atom. The van der Waals surface area contributed by atoms with Crippen molar-refractivity contribution in [1.29, 1.82) is 0 Å². The van der Waals surface area contributed by atoms with Gasteiger partial charge in [0.25, 0.3) is 0 Å². The molecule has 0 aliphatic carbocycles. The number of benzene rings is 2. The number of amides is 3. The molecule has 0 saturated heterocycles. The second-order valence-electron chi connectivity index (χ2n) is 7.10. The molecule has 150 valence electrons. The van der Waals surface area contributed by atoms with Gasteiger partial charge in [-0.05, 0) is 38.5 Å². The fourth-order valence-electron chi connectivity index (χ4n) is 2.26. The molecule has 0 aliphatic heterocycles. The van der Waals surface area contributed by atoms with Crippen molar-refractivity contribution < 1.29 is 19.1 Å². The van der Waals surface area contributed by atoms with E-state index < -0.39 is 11.7 Å². The second kappa shape index (κ2) is 10.2. The van der Waals surface area contributed by atoms with Crippen molar-refractivity contribution in [2.75, 3.05) is 18.5 Å². The van der Waals surface area contributed by atoms with Crippen LogP contribution in [0.4, 0.5) is 15.3 Å². The Bertz CT molecular complexity index is 773. The largest absolute Gasteiger partial charge is 0.492 e. The number of nitrogens with one attached hydrogen (secondary N) is 3. The van der Waals surface area contributed by atoms with Crippen LogP contribution < -0.4 is 20.7 Å². The summed E-state index contributed by atoms with van der Waals surface area (Å²) in [6, 6.07) is 16.4. The molecule has 0 aliphatic rings. The molecule has 28 heavy (non-hydrogen) atoms. The van der Waals surface area contributed by atoms with Crippen LogP contribution in [0.5, 0.6) is 5.75 Å². The topological polar surface area (TPSA) is 88.7 Å². The van der Waals surface area contributed by atoms with Gasteiger partial charge in [-0.3, -0.25) is 5.32 Å². The molecule has 2 aromatic rings. The molecule has 0 aromatic heterocycles. The third-order valence-corrected chi connectivity index (χ3v) is 3.43. The SMILES string of the molecule is CC(C)(C)OC(=O)Nc1cccc(OCCNC(=O)NCc2ccccc2)c1. The second-order valence-corrected chi connectivity index (χ2v) is 7.10. The predicted octanol–water partition coefficient (Wildman–Crippen LogP) is 3.91. The number of anilines is 1. The first-order valence-electron chi connectivity index (χ1n) is 9.10. The van der Waals surface area contributed by atoms with Crippen molar-refractivity contribution in [3.05, 3.63) is 60.2 Å². The van der Waals surface area contributed by atoms with Crippen LogP contribution in [0.25, 0.3) is 0 Å². The van der Waals surface area contributed by atoms with E-state index in [1.54, 1.807) is 45.0 Å². The van der Waals surface area contributed by atoms with E-state index in [1.165, 1.54) is 0 Å². The molecular formula is C21H27N3O4. The highest BCUT2D eigenvalue weighted by molar-refractivity contribution is 5.85. The van der Waals surface area contributed by atoms with Gasteiger partial charge in [0.1, 0.15) is 18.0 Å². The Labute approximate surface area is 165 Å². The predicted molar refractivity (Wildman–Crippen MR) is 108 cm³/mol. The number of ether oxygens (including phenoxy) is 2. The summed E-state index contributed by atoms with van der Waals surface area (Å²) >= 11 is 0. The Kier molecular flexibility index (Phi) is 7.68. The van der Waals surface area contributed by atoms with Gasteiger partial charge in [-0.1, -0.05) is 36.4 Å². The molecule has 7 heteroatoms. The maximum atomic E-state index is 11.8. The zero-order valence-corrected chi connectivity index (χ0v) is 16.5. The van der Waals surface area contributed by atoms with Gasteiger partial charge >= 0.3 is 12.1 Å². The van der Waals surface area contributed by atoms with Crippen molar-refractivity contribution in [3.63, 3.8) is 0 Å². The Morgan fingerprint density at radius 1 is 0.964 bits per heavy atom. The van der Waals surface area contributed by atoms with Gasteiger partial charge in [-0.25, -0.2) is 9.59 Å². The molecule has 0 bridgehead atoms. The summed E-state index contributed by atoms with van der Waals surface area (Å²) in [5.74, 6) is 0.583. The minimum atomic E-state index is -0.565. The van der Waals surface area contributed by atoms with Crippen molar-refractivity contribution in [2.24, 2.45) is 0 Å². The van der Waals surface area contributed by atoms with Crippen LogP contribution in [0.2, 0.25) is 0 Å². The van der Waals surface area contributed by atoms with E-state index in [0.29, 0.717) is 31.1 Å². The van der Waals surface area contributed by atoms with E-state index in [9.17, 15) is 9.59 Å². The van der Waals surface area contributed by atoms with Crippen LogP contribution in [0.3, 0.4) is 0 Å². The van der Waals surface area contributed by atoms with Crippen LogP contribution in [0, 0.1) is 0 Å². The highest BCUT2D eigenvalue weighted by Crippen LogP contribution is 2.18. The number of carbonyl (C=O) groups is 2. The summed E-state index contributed by atoms with van der Waals surface area (Å²) < 4.78 is 10.8. The van der Waals surface area contributed by atoms with Gasteiger partial charge in [0.05, 0.1) is 6.54 Å². The molecule has 0 heterocycles. The standard InChI is InChI=1S/C21H27N3O4/c1-21(2,3)28-20(26)24-17-10-7-11-18(14-17)27-13-12-22-19(25)23-15-16-8-5-4-6-9-16/h4-11,14H,12-13,15H2,1-3H3,(H,24,26)(H2,22,23,25). The highest BCUT2D eigenvalue weighted by atomic mass is 16.6. The van der Waals surface area contributed by atoms with Crippen molar-refractivity contribution >= 4 is 17.8 Å². The zero-order chi connectivity index (χ0) is 20.4. The van der Waals surface area contributed by atoms with E-state index in [2.05, 4.69) is 16.0 Å². The minimum Gasteiger partial charge on any atom is -0.492 e. The average Bonchev–Trinajstić information content (AvgIpc) is 2.63. The maximum absolute atomic E-state index is 11.8. The van der Waals surface area contributed by atoms with Crippen LogP contribution in [0.15, 0.2) is 54.6 Å². The first-order chi connectivity index (χ1) is 13.3. The first-order valence-corrected chi connectivity index (χ1v) is 9.10. The van der Waals surface area contributed by atoms with Gasteiger partial charge in [-0.2, -0.15) is 0 Å². The lowest BCUT2D eigenvalue weighted by molar-refractivity contribution is 0.0636. The van der Waals surface area contributed by atoms with Crippen molar-refractivity contribution in [2.45, 2.75) is 32.9 Å². The highest BCUT2D eigenvalue weighted by Gasteiger charge is 2.16. The Balaban J connectivity index is 1.68. The molecule has 0 atom stereocenters. The molecule has 0 fully saturated rings. The minimum absolute atomic E-state index is 0.257. The summed E-state index contributed by atoms with van der Waals surface area (Å²) in [5.41, 5.74) is 1.04. The van der Waals surface area contributed by atoms with Gasteiger partial charge in [0.2, 0.25) is 0 Å². The smallest absolute Gasteiger partial charge is 0.412 e. The van der Waals surface area contributed by atoms with Crippen LogP contribution in [-0.4, -0.2) is 30.9 Å². The fraction of sp³-hybridized carbons (Fsp3) is 0.333. The summed E-state index contributed by atoms with van der Waals surface area (Å²) in [5, 5.41) is 8.17. The number of rotatable bonds is 7. The fourth-order valence-corrected chi connectivity index (χ4v) is 2.26. The molecule has 7 nitrogen and oxygen atoms in total. The lowest BCUT2D eigenvalue weighted by Gasteiger charge is -2.19. The van der Waals surface area contributed by atoms with E-state index in [0.717, 1.165) is 5.56 Å². The van der Waals surface area contributed by atoms with Crippen molar-refractivity contribution in [3.8, 4) is 5.75 Å². The van der Waals surface area contributed by atoms with Crippen LogP contribution >= 0.6 is 0 Å². The number of urea groups is 1. The molecule has 0 saturated carbocycles. The summed E-state index contributed by atoms with van der Waals surface area (Å²) in [4.78, 5) is 23.6. The van der Waals surface area contributed by atoms with Gasteiger partial charge in [-0.15, -0.1) is 0 Å². The van der Waals surface area contributed by atoms with Gasteiger partial charge in [0, 0.05) is 18.3 Å². The average molecular weight is 385 g/mol. The van der Waals surface area contributed by atoms with Crippen LogP contribution in [0.1, 0.15) is 26.3 Å². The molecule has 0 spiro atoms. The third-order valence-electron chi connectivity index (χ3n) is 3.43. The first kappa shape index (κ1) is 21.1. The number of carbonyl (C=O) groups excluding carboxylic acids is 2. The Morgan fingerprint density at radius 3 is 2.43 bits per heavy atom. The van der Waals surface area contributed by atoms with E-state index in [1.807, 2.05) is 30.3 Å². The molecular weight excluding hydrogens is 358 g/mol. The zero-order valence-electron chi connectivity index (χ0n) is 16.5. The monoisotopic (exact) mass is 385 g/mol. The number of hydrogen-bond donors (Lipinski definition) is 3. The quantitative estimate of drug-likeness (QED) is 0.631. The molecule has 0 unspecified atom stereocenters. The third kappa shape index (κ3) is 8.44. The van der Waals surface area contributed by atoms with E-state index in [-0.39, 0.29) is 6.03 Å². The maximum Gasteiger partial charge on any atom is 0.412 e. The van der Waals surface area contributed by atoms with Crippen molar-refractivity contribution in [1.82, 2.24) is 10.6 Å². The number of hydrogen-bond acceptors (Lipinski definition) is 4. The summed E-state index contributed by atoms with van der Waals surface area (Å²) in [6.45, 7) is 6.52. The van der Waals surface area contributed by atoms with Gasteiger partial charge in [0.15, 0.2) is 0 Å². The molecule has 2 aromatic carbocycles. The normalized spacial score (nSPS) is 10.7. The van der Waals surface area contributed by atoms with Crippen LogP contribution in [-0.2, 0) is 11.3 Å². The lowest BCUT2D eigenvalue weighted by Crippen LogP contribution is -2.37.